The molecule has 0 N–H and O–H groups in total. The average molecular weight is 287 g/mol. The van der Waals surface area contributed by atoms with Gasteiger partial charge in [-0.3, -0.25) is 4.90 Å². The predicted molar refractivity (Wildman–Crippen MR) is 70.2 cm³/mol. The van der Waals surface area contributed by atoms with Crippen molar-refractivity contribution in [2.75, 3.05) is 33.2 Å². The monoisotopic (exact) mass is 287 g/mol. The van der Waals surface area contributed by atoms with Gasteiger partial charge in [0.25, 0.3) is 0 Å². The zero-order valence-corrected chi connectivity index (χ0v) is 11.4. The van der Waals surface area contributed by atoms with Gasteiger partial charge in [-0.1, -0.05) is 6.07 Å². The lowest BCUT2D eigenvalue weighted by molar-refractivity contribution is -0.138. The Morgan fingerprint density at radius 2 is 1.85 bits per heavy atom. The highest BCUT2D eigenvalue weighted by Gasteiger charge is 2.34. The van der Waals surface area contributed by atoms with Crippen molar-refractivity contribution in [3.05, 3.63) is 36.4 Å². The summed E-state index contributed by atoms with van der Waals surface area (Å²) in [5, 5.41) is 0. The summed E-state index contributed by atoms with van der Waals surface area (Å²) in [4.78, 5) is 4.20. The van der Waals surface area contributed by atoms with E-state index in [-0.39, 0.29) is 11.3 Å². The SMILES string of the molecule is [CH2]Oc1ccc(CN2CCN(C)CC2)c(C(F)(F)F)c1. The molecule has 20 heavy (non-hydrogen) atoms. The molecule has 1 aromatic rings. The Kier molecular flexibility index (Phi) is 4.55. The van der Waals surface area contributed by atoms with Gasteiger partial charge in [-0.05, 0) is 24.7 Å². The maximum atomic E-state index is 13.1. The van der Waals surface area contributed by atoms with E-state index in [1.54, 1.807) is 0 Å². The molecule has 0 atom stereocenters. The molecule has 1 fully saturated rings. The van der Waals surface area contributed by atoms with Crippen LogP contribution < -0.4 is 4.74 Å². The van der Waals surface area contributed by atoms with Gasteiger partial charge in [0.2, 0.25) is 0 Å². The fourth-order valence-corrected chi connectivity index (χ4v) is 2.29. The van der Waals surface area contributed by atoms with Crippen LogP contribution in [-0.2, 0) is 12.7 Å². The Morgan fingerprint density at radius 3 is 2.40 bits per heavy atom. The number of hydrogen-bond donors (Lipinski definition) is 0. The van der Waals surface area contributed by atoms with E-state index in [4.69, 9.17) is 0 Å². The zero-order valence-electron chi connectivity index (χ0n) is 11.4. The van der Waals surface area contributed by atoms with Gasteiger partial charge in [-0.15, -0.1) is 0 Å². The molecule has 3 nitrogen and oxygen atoms in total. The summed E-state index contributed by atoms with van der Waals surface area (Å²) in [6.07, 6.45) is -4.38. The van der Waals surface area contributed by atoms with E-state index in [0.717, 1.165) is 32.2 Å². The molecule has 0 aliphatic carbocycles. The maximum Gasteiger partial charge on any atom is 0.416 e. The molecule has 0 bridgehead atoms. The minimum atomic E-state index is -4.38. The van der Waals surface area contributed by atoms with Crippen LogP contribution in [0.4, 0.5) is 13.2 Å². The van der Waals surface area contributed by atoms with Crippen molar-refractivity contribution >= 4 is 0 Å². The lowest BCUT2D eigenvalue weighted by Gasteiger charge is -2.32. The molecule has 1 aliphatic rings. The van der Waals surface area contributed by atoms with Crippen molar-refractivity contribution in [2.24, 2.45) is 0 Å². The maximum absolute atomic E-state index is 13.1. The molecule has 2 rings (SSSR count). The number of halogens is 3. The Labute approximate surface area is 116 Å². The van der Waals surface area contributed by atoms with Gasteiger partial charge in [0.05, 0.1) is 5.56 Å². The Hall–Kier alpha value is -1.27. The summed E-state index contributed by atoms with van der Waals surface area (Å²) in [7, 11) is 5.16. The minimum Gasteiger partial charge on any atom is -0.490 e. The highest BCUT2D eigenvalue weighted by molar-refractivity contribution is 5.37. The molecule has 1 heterocycles. The highest BCUT2D eigenvalue weighted by Crippen LogP contribution is 2.35. The molecule has 111 valence electrons. The van der Waals surface area contributed by atoms with Gasteiger partial charge in [-0.2, -0.15) is 13.2 Å². The van der Waals surface area contributed by atoms with E-state index in [1.807, 2.05) is 11.9 Å². The van der Waals surface area contributed by atoms with Gasteiger partial charge in [0.1, 0.15) is 12.9 Å². The van der Waals surface area contributed by atoms with Crippen LogP contribution in [-0.4, -0.2) is 43.0 Å². The lowest BCUT2D eigenvalue weighted by Crippen LogP contribution is -2.44. The molecule has 0 unspecified atom stereocenters. The molecule has 0 spiro atoms. The normalized spacial score (nSPS) is 18.2. The van der Waals surface area contributed by atoms with Gasteiger partial charge in [-0.25, -0.2) is 0 Å². The first-order valence-corrected chi connectivity index (χ1v) is 6.43. The van der Waals surface area contributed by atoms with Crippen LogP contribution >= 0.6 is 0 Å². The largest absolute Gasteiger partial charge is 0.490 e. The standard InChI is InChI=1S/C14H18F3N2O/c1-18-5-7-19(8-6-18)10-11-3-4-12(20-2)9-13(11)14(15,16)17/h3-4,9H,2,5-8,10H2,1H3. The highest BCUT2D eigenvalue weighted by atomic mass is 19.4. The number of nitrogens with zero attached hydrogens (tertiary/aromatic N) is 2. The van der Waals surface area contributed by atoms with Gasteiger partial charge in [0.15, 0.2) is 0 Å². The molecule has 1 saturated heterocycles. The number of benzene rings is 1. The minimum absolute atomic E-state index is 0.124. The number of alkyl halides is 3. The molecule has 0 aromatic heterocycles. The molecule has 6 heteroatoms. The average Bonchev–Trinajstić information content (AvgIpc) is 2.40. The van der Waals surface area contributed by atoms with Gasteiger partial charge >= 0.3 is 6.18 Å². The van der Waals surface area contributed by atoms with Crippen molar-refractivity contribution in [3.8, 4) is 5.75 Å². The van der Waals surface area contributed by atoms with Crippen molar-refractivity contribution in [1.82, 2.24) is 9.80 Å². The van der Waals surface area contributed by atoms with Crippen LogP contribution in [0.5, 0.6) is 5.75 Å². The third-order valence-electron chi connectivity index (χ3n) is 3.54. The zero-order chi connectivity index (χ0) is 14.8. The molecule has 1 aliphatic heterocycles. The summed E-state index contributed by atoms with van der Waals surface area (Å²) in [5.41, 5.74) is -0.361. The van der Waals surface area contributed by atoms with Crippen LogP contribution in [0.15, 0.2) is 18.2 Å². The summed E-state index contributed by atoms with van der Waals surface area (Å²) < 4.78 is 43.9. The molecule has 0 saturated carbocycles. The molecule has 1 radical (unpaired) electrons. The van der Waals surface area contributed by atoms with Crippen LogP contribution in [0.3, 0.4) is 0 Å². The van der Waals surface area contributed by atoms with Gasteiger partial charge < -0.3 is 9.64 Å². The second-order valence-electron chi connectivity index (χ2n) is 5.04. The fourth-order valence-electron chi connectivity index (χ4n) is 2.29. The Bertz CT molecular complexity index is 454. The van der Waals surface area contributed by atoms with E-state index < -0.39 is 11.7 Å². The molecular formula is C14H18F3N2O. The molecular weight excluding hydrogens is 269 g/mol. The lowest BCUT2D eigenvalue weighted by atomic mass is 10.1. The number of hydrogen-bond acceptors (Lipinski definition) is 3. The summed E-state index contributed by atoms with van der Waals surface area (Å²) in [6.45, 7) is 3.62. The van der Waals surface area contributed by atoms with E-state index in [2.05, 4.69) is 16.7 Å². The van der Waals surface area contributed by atoms with Crippen LogP contribution in [0.2, 0.25) is 0 Å². The number of likely N-dealkylation sites (N-methyl/N-ethyl adjacent to an activating group) is 1. The third kappa shape index (κ3) is 3.64. The summed E-state index contributed by atoms with van der Waals surface area (Å²) >= 11 is 0. The van der Waals surface area contributed by atoms with E-state index in [1.165, 1.54) is 12.1 Å². The third-order valence-corrected chi connectivity index (χ3v) is 3.54. The fraction of sp³-hybridized carbons (Fsp3) is 0.500. The smallest absolute Gasteiger partial charge is 0.416 e. The van der Waals surface area contributed by atoms with Gasteiger partial charge in [0, 0.05) is 32.7 Å². The first kappa shape index (κ1) is 15.1. The number of piperazine rings is 1. The van der Waals surface area contributed by atoms with Crippen LogP contribution in [0.1, 0.15) is 11.1 Å². The second-order valence-corrected chi connectivity index (χ2v) is 5.04. The van der Waals surface area contributed by atoms with Crippen molar-refractivity contribution in [1.29, 1.82) is 0 Å². The Balaban J connectivity index is 2.18. The second kappa shape index (κ2) is 6.01. The molecule has 1 aromatic carbocycles. The van der Waals surface area contributed by atoms with Crippen molar-refractivity contribution in [3.63, 3.8) is 0 Å². The number of ether oxygens (including phenoxy) is 1. The van der Waals surface area contributed by atoms with Crippen molar-refractivity contribution < 1.29 is 17.9 Å². The molecule has 0 amide bonds. The topological polar surface area (TPSA) is 15.7 Å². The van der Waals surface area contributed by atoms with Crippen molar-refractivity contribution in [2.45, 2.75) is 12.7 Å². The quantitative estimate of drug-likeness (QED) is 0.850. The van der Waals surface area contributed by atoms with E-state index in [9.17, 15) is 13.2 Å². The summed E-state index contributed by atoms with van der Waals surface area (Å²) in [5.74, 6) is 0.124. The van der Waals surface area contributed by atoms with Crippen LogP contribution in [0.25, 0.3) is 0 Å². The predicted octanol–water partition coefficient (Wildman–Crippen LogP) is 2.62. The first-order valence-electron chi connectivity index (χ1n) is 6.43. The number of rotatable bonds is 3. The Morgan fingerprint density at radius 1 is 1.20 bits per heavy atom. The first-order chi connectivity index (χ1) is 9.40. The van der Waals surface area contributed by atoms with Crippen LogP contribution in [0, 0.1) is 7.11 Å². The van der Waals surface area contributed by atoms with E-state index >= 15 is 0 Å². The summed E-state index contributed by atoms with van der Waals surface area (Å²) in [6, 6.07) is 4.01. The van der Waals surface area contributed by atoms with E-state index in [0.29, 0.717) is 6.54 Å².